The molecule has 39 heavy (non-hydrogen) atoms. The third kappa shape index (κ3) is 6.96. The van der Waals surface area contributed by atoms with Crippen molar-refractivity contribution in [3.05, 3.63) is 77.9 Å². The Hall–Kier alpha value is -4.33. The lowest BCUT2D eigenvalue weighted by atomic mass is 10.0. The fourth-order valence-electron chi connectivity index (χ4n) is 4.44. The number of esters is 1. The van der Waals surface area contributed by atoms with E-state index < -0.39 is 24.4 Å². The SMILES string of the molecule is CCOc1ccccc1NC(=O)COC(=O)[C@@H]1CC(=O)N(c2ccc(Oc3cc(C)ccc3C(C)C)cc2)C1. The van der Waals surface area contributed by atoms with Crippen LogP contribution in [0.1, 0.15) is 44.2 Å². The van der Waals surface area contributed by atoms with Crippen LogP contribution in [-0.4, -0.2) is 37.5 Å². The van der Waals surface area contributed by atoms with Crippen molar-refractivity contribution in [3.63, 3.8) is 0 Å². The summed E-state index contributed by atoms with van der Waals surface area (Å²) in [5.41, 5.74) is 3.39. The quantitative estimate of drug-likeness (QED) is 0.331. The van der Waals surface area contributed by atoms with Crippen LogP contribution in [-0.2, 0) is 19.1 Å². The number of benzene rings is 3. The smallest absolute Gasteiger partial charge is 0.311 e. The molecule has 8 heteroatoms. The lowest BCUT2D eigenvalue weighted by Gasteiger charge is -2.18. The lowest BCUT2D eigenvalue weighted by molar-refractivity contribution is -0.151. The Morgan fingerprint density at radius 3 is 2.49 bits per heavy atom. The van der Waals surface area contributed by atoms with Crippen LogP contribution in [0.3, 0.4) is 0 Å². The molecule has 3 aromatic rings. The Morgan fingerprint density at radius 1 is 1.03 bits per heavy atom. The molecular formula is C31H34N2O6. The second-order valence-corrected chi connectivity index (χ2v) is 9.78. The zero-order valence-electron chi connectivity index (χ0n) is 22.7. The molecule has 1 saturated heterocycles. The molecule has 1 aliphatic heterocycles. The highest BCUT2D eigenvalue weighted by Crippen LogP contribution is 2.33. The molecule has 3 aromatic carbocycles. The molecule has 0 aromatic heterocycles. The number of hydrogen-bond acceptors (Lipinski definition) is 6. The normalized spacial score (nSPS) is 14.8. The second kappa shape index (κ2) is 12.5. The van der Waals surface area contributed by atoms with Gasteiger partial charge in [0.15, 0.2) is 6.61 Å². The van der Waals surface area contributed by atoms with Gasteiger partial charge in [-0.05, 0) is 73.4 Å². The Labute approximate surface area is 228 Å². The summed E-state index contributed by atoms with van der Waals surface area (Å²) in [5, 5.41) is 2.69. The number of ether oxygens (including phenoxy) is 3. The molecule has 0 spiro atoms. The first kappa shape index (κ1) is 27.7. The minimum absolute atomic E-state index is 0.0208. The van der Waals surface area contributed by atoms with Gasteiger partial charge in [0.2, 0.25) is 5.91 Å². The molecular weight excluding hydrogens is 496 g/mol. The maximum absolute atomic E-state index is 12.7. The third-order valence-corrected chi connectivity index (χ3v) is 6.43. The summed E-state index contributed by atoms with van der Waals surface area (Å²) in [7, 11) is 0. The summed E-state index contributed by atoms with van der Waals surface area (Å²) in [4.78, 5) is 39.2. The summed E-state index contributed by atoms with van der Waals surface area (Å²) in [6.45, 7) is 8.30. The predicted octanol–water partition coefficient (Wildman–Crippen LogP) is 5.84. The predicted molar refractivity (Wildman–Crippen MR) is 149 cm³/mol. The fraction of sp³-hybridized carbons (Fsp3) is 0.323. The maximum Gasteiger partial charge on any atom is 0.311 e. The Kier molecular flexibility index (Phi) is 8.86. The van der Waals surface area contributed by atoms with Crippen molar-refractivity contribution in [1.82, 2.24) is 0 Å². The molecule has 1 fully saturated rings. The van der Waals surface area contributed by atoms with Crippen LogP contribution in [0.4, 0.5) is 11.4 Å². The van der Waals surface area contributed by atoms with Crippen molar-refractivity contribution < 1.29 is 28.6 Å². The average Bonchev–Trinajstić information content (AvgIpc) is 3.30. The van der Waals surface area contributed by atoms with Crippen LogP contribution in [0.2, 0.25) is 0 Å². The monoisotopic (exact) mass is 530 g/mol. The second-order valence-electron chi connectivity index (χ2n) is 9.78. The molecule has 1 aliphatic rings. The van der Waals surface area contributed by atoms with Gasteiger partial charge in [-0.1, -0.05) is 38.1 Å². The van der Waals surface area contributed by atoms with Gasteiger partial charge in [0.25, 0.3) is 5.91 Å². The number of nitrogens with zero attached hydrogens (tertiary/aromatic N) is 1. The molecule has 0 saturated carbocycles. The summed E-state index contributed by atoms with van der Waals surface area (Å²) < 4.78 is 16.9. The van der Waals surface area contributed by atoms with Crippen molar-refractivity contribution in [2.45, 2.75) is 40.0 Å². The number of nitrogens with one attached hydrogen (secondary N) is 1. The van der Waals surface area contributed by atoms with E-state index in [1.54, 1.807) is 41.3 Å². The van der Waals surface area contributed by atoms with Crippen LogP contribution in [0.5, 0.6) is 17.2 Å². The van der Waals surface area contributed by atoms with E-state index in [0.29, 0.717) is 35.4 Å². The van der Waals surface area contributed by atoms with Crippen molar-refractivity contribution >= 4 is 29.2 Å². The van der Waals surface area contributed by atoms with Gasteiger partial charge in [-0.15, -0.1) is 0 Å². The number of carbonyl (C=O) groups excluding carboxylic acids is 3. The van der Waals surface area contributed by atoms with E-state index in [1.165, 1.54) is 0 Å². The van der Waals surface area contributed by atoms with Crippen molar-refractivity contribution in [3.8, 4) is 17.2 Å². The third-order valence-electron chi connectivity index (χ3n) is 6.43. The van der Waals surface area contributed by atoms with Gasteiger partial charge >= 0.3 is 5.97 Å². The van der Waals surface area contributed by atoms with E-state index in [0.717, 1.165) is 16.9 Å². The summed E-state index contributed by atoms with van der Waals surface area (Å²) >= 11 is 0. The van der Waals surface area contributed by atoms with Gasteiger partial charge in [0, 0.05) is 18.7 Å². The van der Waals surface area contributed by atoms with Crippen LogP contribution in [0, 0.1) is 12.8 Å². The number of carbonyl (C=O) groups is 3. The molecule has 1 heterocycles. The Morgan fingerprint density at radius 2 is 1.77 bits per heavy atom. The van der Waals surface area contributed by atoms with E-state index >= 15 is 0 Å². The number of para-hydroxylation sites is 2. The number of aryl methyl sites for hydroxylation is 1. The first-order valence-corrected chi connectivity index (χ1v) is 13.1. The van der Waals surface area contributed by atoms with Crippen LogP contribution >= 0.6 is 0 Å². The minimum atomic E-state index is -0.655. The first-order chi connectivity index (χ1) is 18.7. The van der Waals surface area contributed by atoms with Crippen LogP contribution in [0.15, 0.2) is 66.7 Å². The molecule has 0 bridgehead atoms. The molecule has 204 valence electrons. The highest BCUT2D eigenvalue weighted by molar-refractivity contribution is 6.00. The zero-order valence-corrected chi connectivity index (χ0v) is 22.7. The van der Waals surface area contributed by atoms with Crippen LogP contribution in [0.25, 0.3) is 0 Å². The van der Waals surface area contributed by atoms with Crippen molar-refractivity contribution in [2.75, 3.05) is 30.0 Å². The highest BCUT2D eigenvalue weighted by Gasteiger charge is 2.36. The Bertz CT molecular complexity index is 1340. The number of anilines is 2. The maximum atomic E-state index is 12.7. The highest BCUT2D eigenvalue weighted by atomic mass is 16.5. The standard InChI is InChI=1S/C31H34N2O6/c1-5-37-27-9-7-6-8-26(27)32-29(34)19-38-31(36)22-17-30(35)33(18-22)23-11-13-24(14-12-23)39-28-16-21(4)10-15-25(28)20(2)3/h6-16,20,22H,5,17-19H2,1-4H3,(H,32,34)/t22-/m1/s1. The molecule has 0 aliphatic carbocycles. The van der Waals surface area contributed by atoms with Crippen LogP contribution < -0.4 is 19.7 Å². The largest absolute Gasteiger partial charge is 0.492 e. The molecule has 1 N–H and O–H groups in total. The van der Waals surface area contributed by atoms with E-state index in [9.17, 15) is 14.4 Å². The van der Waals surface area contributed by atoms with E-state index in [1.807, 2.05) is 32.0 Å². The number of amides is 2. The molecule has 8 nitrogen and oxygen atoms in total. The van der Waals surface area contributed by atoms with Crippen molar-refractivity contribution in [2.24, 2.45) is 5.92 Å². The van der Waals surface area contributed by atoms with Gasteiger partial charge in [0.1, 0.15) is 17.2 Å². The van der Waals surface area contributed by atoms with E-state index in [2.05, 4.69) is 31.3 Å². The summed E-state index contributed by atoms with van der Waals surface area (Å²) in [6.07, 6.45) is 0.0208. The van der Waals surface area contributed by atoms with Crippen molar-refractivity contribution in [1.29, 1.82) is 0 Å². The summed E-state index contributed by atoms with van der Waals surface area (Å²) in [5.74, 6) is 0.414. The van der Waals surface area contributed by atoms with E-state index in [4.69, 9.17) is 14.2 Å². The minimum Gasteiger partial charge on any atom is -0.492 e. The van der Waals surface area contributed by atoms with Gasteiger partial charge in [0.05, 0.1) is 18.2 Å². The molecule has 0 radical (unpaired) electrons. The lowest BCUT2D eigenvalue weighted by Crippen LogP contribution is -2.28. The fourth-order valence-corrected chi connectivity index (χ4v) is 4.44. The molecule has 4 rings (SSSR count). The first-order valence-electron chi connectivity index (χ1n) is 13.1. The molecule has 1 atom stereocenters. The summed E-state index contributed by atoms with van der Waals surface area (Å²) in [6, 6.07) is 20.4. The zero-order chi connectivity index (χ0) is 27.9. The average molecular weight is 531 g/mol. The molecule has 2 amide bonds. The van der Waals surface area contributed by atoms with Gasteiger partial charge in [-0.2, -0.15) is 0 Å². The van der Waals surface area contributed by atoms with Gasteiger partial charge < -0.3 is 24.4 Å². The van der Waals surface area contributed by atoms with Gasteiger partial charge in [-0.3, -0.25) is 14.4 Å². The topological polar surface area (TPSA) is 94.2 Å². The number of rotatable bonds is 10. The number of hydrogen-bond donors (Lipinski definition) is 1. The Balaban J connectivity index is 1.32. The van der Waals surface area contributed by atoms with Gasteiger partial charge in [-0.25, -0.2) is 0 Å². The van der Waals surface area contributed by atoms with E-state index in [-0.39, 0.29) is 18.9 Å². The molecule has 0 unspecified atom stereocenters.